The van der Waals surface area contributed by atoms with Crippen molar-refractivity contribution in [2.45, 2.75) is 12.2 Å². The zero-order valence-electron chi connectivity index (χ0n) is 8.37. The summed E-state index contributed by atoms with van der Waals surface area (Å²) in [6.07, 6.45) is -2.33. The quantitative estimate of drug-likeness (QED) is 0.386. The zero-order valence-corrected chi connectivity index (χ0v) is 9.26. The Morgan fingerprint density at radius 1 is 1.44 bits per heavy atom. The van der Waals surface area contributed by atoms with Gasteiger partial charge in [-0.05, 0) is 6.07 Å². The van der Waals surface area contributed by atoms with Crippen LogP contribution in [0.1, 0.15) is 22.0 Å². The number of nitrogen functional groups attached to an aromatic ring is 1. The fourth-order valence-electron chi connectivity index (χ4n) is 1.33. The highest BCUT2D eigenvalue weighted by molar-refractivity contribution is 7.80. The fourth-order valence-corrected chi connectivity index (χ4v) is 1.53. The molecular weight excluding hydrogens is 230 g/mol. The second kappa shape index (κ2) is 5.20. The third kappa shape index (κ3) is 2.46. The van der Waals surface area contributed by atoms with E-state index in [0.717, 1.165) is 0 Å². The second-order valence-electron chi connectivity index (χ2n) is 3.31. The minimum Gasteiger partial charge on any atom is -0.478 e. The molecule has 0 aromatic heterocycles. The summed E-state index contributed by atoms with van der Waals surface area (Å²) in [7, 11) is 0. The molecule has 5 N–H and O–H groups in total. The average Bonchev–Trinajstić information content (AvgIpc) is 2.27. The molecule has 0 aliphatic carbocycles. The van der Waals surface area contributed by atoms with E-state index in [1.165, 1.54) is 18.2 Å². The Morgan fingerprint density at radius 3 is 2.56 bits per heavy atom. The number of aromatic carboxylic acids is 1. The van der Waals surface area contributed by atoms with Gasteiger partial charge in [0.25, 0.3) is 0 Å². The molecule has 0 bridgehead atoms. The maximum Gasteiger partial charge on any atom is 0.337 e. The molecule has 0 aliphatic rings. The van der Waals surface area contributed by atoms with Crippen LogP contribution in [-0.2, 0) is 0 Å². The highest BCUT2D eigenvalue weighted by Crippen LogP contribution is 2.26. The fraction of sp³-hybridized carbons (Fsp3) is 0.300. The van der Waals surface area contributed by atoms with Gasteiger partial charge in [-0.3, -0.25) is 0 Å². The Labute approximate surface area is 97.9 Å². The van der Waals surface area contributed by atoms with E-state index in [1.54, 1.807) is 0 Å². The van der Waals surface area contributed by atoms with Crippen molar-refractivity contribution in [1.29, 1.82) is 0 Å². The summed E-state index contributed by atoms with van der Waals surface area (Å²) in [5.74, 6) is -1.12. The molecule has 2 unspecified atom stereocenters. The Balaban J connectivity index is 3.15. The monoisotopic (exact) mass is 243 g/mol. The summed E-state index contributed by atoms with van der Waals surface area (Å²) in [4.78, 5) is 10.8. The van der Waals surface area contributed by atoms with E-state index in [-0.39, 0.29) is 22.6 Å². The SMILES string of the molecule is Nc1c(C(=O)O)cccc1C(O)C(O)CS. The lowest BCUT2D eigenvalue weighted by molar-refractivity contribution is 0.0341. The van der Waals surface area contributed by atoms with Crippen molar-refractivity contribution < 1.29 is 20.1 Å². The number of carbonyl (C=O) groups is 1. The molecule has 0 heterocycles. The lowest BCUT2D eigenvalue weighted by Gasteiger charge is -2.18. The van der Waals surface area contributed by atoms with E-state index < -0.39 is 18.2 Å². The number of hydrogen-bond donors (Lipinski definition) is 5. The van der Waals surface area contributed by atoms with E-state index in [1.807, 2.05) is 0 Å². The van der Waals surface area contributed by atoms with Crippen LogP contribution in [0.3, 0.4) is 0 Å². The highest BCUT2D eigenvalue weighted by atomic mass is 32.1. The molecule has 1 rings (SSSR count). The van der Waals surface area contributed by atoms with Crippen LogP contribution in [0.15, 0.2) is 18.2 Å². The summed E-state index contributed by atoms with van der Waals surface area (Å²) in [6, 6.07) is 4.27. The molecule has 0 amide bonds. The molecule has 0 radical (unpaired) electrons. The third-order valence-electron chi connectivity index (χ3n) is 2.24. The number of aliphatic hydroxyl groups is 2. The number of aliphatic hydroxyl groups excluding tert-OH is 2. The first kappa shape index (κ1) is 12.8. The Morgan fingerprint density at radius 2 is 2.06 bits per heavy atom. The molecule has 0 aliphatic heterocycles. The Hall–Kier alpha value is -1.24. The first-order valence-corrected chi connectivity index (χ1v) is 5.21. The molecule has 6 heteroatoms. The van der Waals surface area contributed by atoms with Gasteiger partial charge >= 0.3 is 5.97 Å². The molecule has 0 fully saturated rings. The van der Waals surface area contributed by atoms with Crippen LogP contribution >= 0.6 is 12.6 Å². The summed E-state index contributed by atoms with van der Waals surface area (Å²) in [5.41, 5.74) is 5.66. The van der Waals surface area contributed by atoms with Gasteiger partial charge in [-0.2, -0.15) is 12.6 Å². The number of benzene rings is 1. The van der Waals surface area contributed by atoms with Crippen LogP contribution in [0.25, 0.3) is 0 Å². The predicted molar refractivity (Wildman–Crippen MR) is 62.6 cm³/mol. The van der Waals surface area contributed by atoms with E-state index in [9.17, 15) is 15.0 Å². The van der Waals surface area contributed by atoms with Crippen LogP contribution in [0.2, 0.25) is 0 Å². The van der Waals surface area contributed by atoms with Gasteiger partial charge in [0.1, 0.15) is 6.10 Å². The molecule has 88 valence electrons. The molecule has 0 spiro atoms. The van der Waals surface area contributed by atoms with E-state index in [0.29, 0.717) is 0 Å². The Kier molecular flexibility index (Phi) is 4.17. The maximum atomic E-state index is 10.8. The Bertz CT molecular complexity index is 396. The summed E-state index contributed by atoms with van der Waals surface area (Å²) >= 11 is 3.84. The predicted octanol–water partition coefficient (Wildman–Crippen LogP) is 0.291. The smallest absolute Gasteiger partial charge is 0.337 e. The van der Waals surface area contributed by atoms with Gasteiger partial charge in [-0.1, -0.05) is 12.1 Å². The van der Waals surface area contributed by atoms with Crippen molar-refractivity contribution in [3.8, 4) is 0 Å². The zero-order chi connectivity index (χ0) is 12.3. The van der Waals surface area contributed by atoms with Gasteiger partial charge in [-0.25, -0.2) is 4.79 Å². The summed E-state index contributed by atoms with van der Waals surface area (Å²) in [5, 5.41) is 27.9. The average molecular weight is 243 g/mol. The molecule has 0 saturated carbocycles. The van der Waals surface area contributed by atoms with Gasteiger partial charge in [0.05, 0.1) is 17.4 Å². The standard InChI is InChI=1S/C10H13NO4S/c11-8-5(9(13)7(12)4-16)2-1-3-6(8)10(14)15/h1-3,7,9,12-13,16H,4,11H2,(H,14,15). The van der Waals surface area contributed by atoms with Crippen molar-refractivity contribution in [1.82, 2.24) is 0 Å². The number of rotatable bonds is 4. The van der Waals surface area contributed by atoms with Crippen molar-refractivity contribution in [3.63, 3.8) is 0 Å². The third-order valence-corrected chi connectivity index (χ3v) is 2.61. The maximum absolute atomic E-state index is 10.8. The van der Waals surface area contributed by atoms with E-state index in [4.69, 9.17) is 10.8 Å². The number of carboxylic acid groups (broad SMARTS) is 1. The molecule has 0 saturated heterocycles. The lowest BCUT2D eigenvalue weighted by atomic mass is 10.00. The van der Waals surface area contributed by atoms with Crippen molar-refractivity contribution >= 4 is 24.3 Å². The van der Waals surface area contributed by atoms with Gasteiger partial charge in [0.2, 0.25) is 0 Å². The number of para-hydroxylation sites is 1. The van der Waals surface area contributed by atoms with Gasteiger partial charge in [-0.15, -0.1) is 0 Å². The van der Waals surface area contributed by atoms with Crippen molar-refractivity contribution in [2.24, 2.45) is 0 Å². The van der Waals surface area contributed by atoms with Crippen LogP contribution in [0, 0.1) is 0 Å². The van der Waals surface area contributed by atoms with Crippen LogP contribution in [0.5, 0.6) is 0 Å². The molecule has 1 aromatic rings. The summed E-state index contributed by atoms with van der Waals surface area (Å²) < 4.78 is 0. The number of thiol groups is 1. The molecular formula is C10H13NO4S. The lowest BCUT2D eigenvalue weighted by Crippen LogP contribution is -2.21. The van der Waals surface area contributed by atoms with Crippen molar-refractivity contribution in [3.05, 3.63) is 29.3 Å². The molecule has 2 atom stereocenters. The minimum atomic E-state index is -1.24. The topological polar surface area (TPSA) is 104 Å². The molecule has 1 aromatic carbocycles. The number of carboxylic acids is 1. The van der Waals surface area contributed by atoms with Crippen molar-refractivity contribution in [2.75, 3.05) is 11.5 Å². The number of anilines is 1. The van der Waals surface area contributed by atoms with Gasteiger partial charge < -0.3 is 21.1 Å². The van der Waals surface area contributed by atoms with E-state index in [2.05, 4.69) is 12.6 Å². The highest BCUT2D eigenvalue weighted by Gasteiger charge is 2.21. The largest absolute Gasteiger partial charge is 0.478 e. The molecule has 16 heavy (non-hydrogen) atoms. The number of hydrogen-bond acceptors (Lipinski definition) is 5. The van der Waals surface area contributed by atoms with Gasteiger partial charge in [0.15, 0.2) is 0 Å². The number of nitrogens with two attached hydrogens (primary N) is 1. The summed E-state index contributed by atoms with van der Waals surface area (Å²) in [6.45, 7) is 0. The second-order valence-corrected chi connectivity index (χ2v) is 3.67. The first-order valence-electron chi connectivity index (χ1n) is 4.57. The van der Waals surface area contributed by atoms with Crippen LogP contribution < -0.4 is 5.73 Å². The van der Waals surface area contributed by atoms with Crippen LogP contribution in [-0.4, -0.2) is 33.1 Å². The first-order chi connectivity index (χ1) is 7.49. The normalized spacial score (nSPS) is 14.4. The van der Waals surface area contributed by atoms with Gasteiger partial charge in [0, 0.05) is 11.3 Å². The molecule has 5 nitrogen and oxygen atoms in total. The minimum absolute atomic E-state index is 0.0386. The van der Waals surface area contributed by atoms with Crippen LogP contribution in [0.4, 0.5) is 5.69 Å². The van der Waals surface area contributed by atoms with E-state index >= 15 is 0 Å².